The van der Waals surface area contributed by atoms with Crippen LogP contribution >= 0.6 is 15.9 Å². The van der Waals surface area contributed by atoms with E-state index in [1.165, 1.54) is 19.3 Å². The van der Waals surface area contributed by atoms with Crippen molar-refractivity contribution in [2.24, 2.45) is 5.41 Å². The molecule has 4 nitrogen and oxygen atoms in total. The van der Waals surface area contributed by atoms with Crippen LogP contribution in [-0.2, 0) is 4.74 Å². The summed E-state index contributed by atoms with van der Waals surface area (Å²) in [4.78, 5) is 15.8. The fraction of sp³-hybridized carbons (Fsp3) is 0.500. The molecule has 5 heteroatoms. The second-order valence-corrected chi connectivity index (χ2v) is 7.53. The molecule has 0 unspecified atom stereocenters. The number of ether oxygens (including phenoxy) is 1. The van der Waals surface area contributed by atoms with Crippen LogP contribution < -0.4 is 5.32 Å². The number of hydrogen-bond donors (Lipinski definition) is 2. The molecule has 0 aliphatic heterocycles. The summed E-state index contributed by atoms with van der Waals surface area (Å²) in [5.41, 5.74) is 1.79. The number of carbonyl (C=O) groups excluding carboxylic acids is 1. The Kier molecular flexibility index (Phi) is 3.73. The Morgan fingerprint density at radius 2 is 2.30 bits per heavy atom. The molecule has 0 saturated heterocycles. The molecule has 23 heavy (non-hydrogen) atoms. The second kappa shape index (κ2) is 5.64. The van der Waals surface area contributed by atoms with Gasteiger partial charge in [-0.1, -0.05) is 28.4 Å². The molecule has 2 atom stereocenters. The van der Waals surface area contributed by atoms with Crippen molar-refractivity contribution in [1.29, 1.82) is 0 Å². The van der Waals surface area contributed by atoms with Gasteiger partial charge in [-0.15, -0.1) is 0 Å². The third kappa shape index (κ3) is 2.32. The minimum atomic E-state index is -0.0145. The van der Waals surface area contributed by atoms with E-state index in [1.54, 1.807) is 0 Å². The van der Waals surface area contributed by atoms with Gasteiger partial charge >= 0.3 is 0 Å². The summed E-state index contributed by atoms with van der Waals surface area (Å²) in [6.07, 6.45) is 4.84. The molecule has 0 bridgehead atoms. The van der Waals surface area contributed by atoms with E-state index in [0.29, 0.717) is 11.8 Å². The van der Waals surface area contributed by atoms with E-state index >= 15 is 0 Å². The van der Waals surface area contributed by atoms with E-state index < -0.39 is 0 Å². The van der Waals surface area contributed by atoms with Gasteiger partial charge in [-0.2, -0.15) is 0 Å². The summed E-state index contributed by atoms with van der Waals surface area (Å²) in [6, 6.07) is 8.10. The molecule has 1 aromatic heterocycles. The highest BCUT2D eigenvalue weighted by atomic mass is 79.9. The predicted molar refractivity (Wildman–Crippen MR) is 93.6 cm³/mol. The first-order valence-corrected chi connectivity index (χ1v) is 9.13. The van der Waals surface area contributed by atoms with Gasteiger partial charge in [0.1, 0.15) is 5.69 Å². The quantitative estimate of drug-likeness (QED) is 0.846. The molecule has 2 aromatic rings. The van der Waals surface area contributed by atoms with Gasteiger partial charge in [-0.3, -0.25) is 4.79 Å². The number of rotatable bonds is 4. The Morgan fingerprint density at radius 1 is 1.48 bits per heavy atom. The van der Waals surface area contributed by atoms with Crippen LogP contribution in [0.4, 0.5) is 0 Å². The van der Waals surface area contributed by atoms with Gasteiger partial charge in [0.15, 0.2) is 0 Å². The van der Waals surface area contributed by atoms with Crippen molar-refractivity contribution in [2.75, 3.05) is 6.61 Å². The molecule has 1 heterocycles. The number of hydrogen-bond acceptors (Lipinski definition) is 2. The topological polar surface area (TPSA) is 54.1 Å². The van der Waals surface area contributed by atoms with Crippen LogP contribution in [0.15, 0.2) is 28.7 Å². The molecule has 4 rings (SSSR count). The molecule has 1 spiro atoms. The summed E-state index contributed by atoms with van der Waals surface area (Å²) in [7, 11) is 0. The number of nitrogens with one attached hydrogen (secondary N) is 2. The minimum Gasteiger partial charge on any atom is -0.378 e. The first-order chi connectivity index (χ1) is 11.1. The van der Waals surface area contributed by atoms with Crippen LogP contribution in [0.2, 0.25) is 0 Å². The van der Waals surface area contributed by atoms with Crippen LogP contribution in [0.1, 0.15) is 43.1 Å². The SMILES string of the molecule is CCO[C@H]1C[C@H](NC(=O)c2cc3c(Br)cccc3[nH]2)C12CCC2. The van der Waals surface area contributed by atoms with Gasteiger partial charge in [-0.05, 0) is 44.4 Å². The number of benzene rings is 1. The standard InChI is InChI=1S/C18H21BrN2O2/c1-2-23-16-10-15(18(16)7-4-8-18)21-17(22)14-9-11-12(19)5-3-6-13(11)20-14/h3,5-6,9,15-16,20H,2,4,7-8,10H2,1H3,(H,21,22)/t15-,16-/m0/s1. The average molecular weight is 377 g/mol. The molecule has 0 radical (unpaired) electrons. The second-order valence-electron chi connectivity index (χ2n) is 6.68. The van der Waals surface area contributed by atoms with E-state index in [2.05, 4.69) is 26.2 Å². The molecular formula is C18H21BrN2O2. The van der Waals surface area contributed by atoms with E-state index in [9.17, 15) is 4.79 Å². The smallest absolute Gasteiger partial charge is 0.267 e. The molecule has 1 aromatic carbocycles. The Morgan fingerprint density at radius 3 is 2.96 bits per heavy atom. The molecule has 122 valence electrons. The Balaban J connectivity index is 1.50. The fourth-order valence-electron chi connectivity index (χ4n) is 4.12. The zero-order valence-electron chi connectivity index (χ0n) is 13.2. The largest absolute Gasteiger partial charge is 0.378 e. The maximum absolute atomic E-state index is 12.6. The molecular weight excluding hydrogens is 356 g/mol. The number of fused-ring (bicyclic) bond motifs is 1. The minimum absolute atomic E-state index is 0.0145. The normalized spacial score (nSPS) is 25.1. The van der Waals surface area contributed by atoms with Crippen LogP contribution in [0.25, 0.3) is 10.9 Å². The van der Waals surface area contributed by atoms with Crippen molar-refractivity contribution in [2.45, 2.75) is 44.8 Å². The number of amides is 1. The van der Waals surface area contributed by atoms with E-state index in [4.69, 9.17) is 4.74 Å². The number of aromatic amines is 1. The monoisotopic (exact) mass is 376 g/mol. The zero-order chi connectivity index (χ0) is 16.0. The molecule has 2 N–H and O–H groups in total. The van der Waals surface area contributed by atoms with Crippen molar-refractivity contribution >= 4 is 32.7 Å². The van der Waals surface area contributed by atoms with Crippen LogP contribution in [0, 0.1) is 5.41 Å². The number of carbonyl (C=O) groups is 1. The maximum Gasteiger partial charge on any atom is 0.267 e. The van der Waals surface area contributed by atoms with Crippen molar-refractivity contribution < 1.29 is 9.53 Å². The summed E-state index contributed by atoms with van der Waals surface area (Å²) in [5, 5.41) is 4.27. The van der Waals surface area contributed by atoms with Crippen LogP contribution in [0.5, 0.6) is 0 Å². The highest BCUT2D eigenvalue weighted by molar-refractivity contribution is 9.10. The van der Waals surface area contributed by atoms with Crippen molar-refractivity contribution in [3.63, 3.8) is 0 Å². The van der Waals surface area contributed by atoms with Gasteiger partial charge in [-0.25, -0.2) is 0 Å². The summed E-state index contributed by atoms with van der Waals surface area (Å²) in [6.45, 7) is 2.80. The van der Waals surface area contributed by atoms with Gasteiger partial charge in [0.2, 0.25) is 0 Å². The first kappa shape index (κ1) is 15.2. The maximum atomic E-state index is 12.6. The van der Waals surface area contributed by atoms with Gasteiger partial charge in [0, 0.05) is 33.4 Å². The predicted octanol–water partition coefficient (Wildman–Crippen LogP) is 4.01. The fourth-order valence-corrected chi connectivity index (χ4v) is 4.60. The summed E-state index contributed by atoms with van der Waals surface area (Å²) < 4.78 is 6.85. The average Bonchev–Trinajstić information content (AvgIpc) is 2.90. The van der Waals surface area contributed by atoms with Gasteiger partial charge in [0.05, 0.1) is 6.10 Å². The van der Waals surface area contributed by atoms with Crippen molar-refractivity contribution in [3.8, 4) is 0 Å². The molecule has 2 fully saturated rings. The Bertz CT molecular complexity index is 751. The van der Waals surface area contributed by atoms with Gasteiger partial charge in [0.25, 0.3) is 5.91 Å². The van der Waals surface area contributed by atoms with E-state index in [0.717, 1.165) is 28.4 Å². The van der Waals surface area contributed by atoms with Gasteiger partial charge < -0.3 is 15.0 Å². The van der Waals surface area contributed by atoms with Crippen LogP contribution in [0.3, 0.4) is 0 Å². The third-order valence-electron chi connectivity index (χ3n) is 5.60. The Hall–Kier alpha value is -1.33. The lowest BCUT2D eigenvalue weighted by Gasteiger charge is -2.60. The number of H-pyrrole nitrogens is 1. The summed E-state index contributed by atoms with van der Waals surface area (Å²) in [5.74, 6) is -0.0145. The summed E-state index contributed by atoms with van der Waals surface area (Å²) >= 11 is 3.53. The number of halogens is 1. The molecule has 1 amide bonds. The molecule has 2 saturated carbocycles. The zero-order valence-corrected chi connectivity index (χ0v) is 14.8. The van der Waals surface area contributed by atoms with Crippen LogP contribution in [-0.4, -0.2) is 29.6 Å². The molecule has 2 aliphatic rings. The van der Waals surface area contributed by atoms with Crippen molar-refractivity contribution in [3.05, 3.63) is 34.4 Å². The number of aromatic nitrogens is 1. The highest BCUT2D eigenvalue weighted by Crippen LogP contribution is 2.57. The third-order valence-corrected chi connectivity index (χ3v) is 6.29. The highest BCUT2D eigenvalue weighted by Gasteiger charge is 2.59. The lowest BCUT2D eigenvalue weighted by atomic mass is 9.51. The first-order valence-electron chi connectivity index (χ1n) is 8.34. The van der Waals surface area contributed by atoms with E-state index in [1.807, 2.05) is 31.2 Å². The lowest BCUT2D eigenvalue weighted by Crippen LogP contribution is -2.67. The van der Waals surface area contributed by atoms with Crippen molar-refractivity contribution in [1.82, 2.24) is 10.3 Å². The Labute approximate surface area is 144 Å². The molecule has 2 aliphatic carbocycles. The lowest BCUT2D eigenvalue weighted by molar-refractivity contribution is -0.169. The van der Waals surface area contributed by atoms with E-state index in [-0.39, 0.29) is 17.4 Å².